The topological polar surface area (TPSA) is 73.5 Å². The fourth-order valence-corrected chi connectivity index (χ4v) is 3.61. The molecule has 31 heavy (non-hydrogen) atoms. The van der Waals surface area contributed by atoms with Gasteiger partial charge in [-0.15, -0.1) is 0 Å². The second-order valence-electron chi connectivity index (χ2n) is 8.19. The van der Waals surface area contributed by atoms with E-state index in [9.17, 15) is 18.4 Å². The standard InChI is InChI=1S/C23H28F2N4O2/c1-14(2)27-22(30)19-10-17(5-4-15(19)3)28-23(31)26-12-16-8-9-29(13-16)18-6-7-20(24)21(25)11-18/h4-7,10-11,14,16H,8-9,12-13H2,1-3H3,(H,27,30)(H2,26,28,31). The molecule has 1 aliphatic heterocycles. The molecule has 2 aromatic rings. The van der Waals surface area contributed by atoms with Crippen molar-refractivity contribution in [2.45, 2.75) is 33.2 Å². The molecular weight excluding hydrogens is 402 g/mol. The molecule has 1 atom stereocenters. The van der Waals surface area contributed by atoms with Crippen molar-refractivity contribution in [3.05, 3.63) is 59.2 Å². The van der Waals surface area contributed by atoms with Gasteiger partial charge < -0.3 is 20.9 Å². The molecule has 2 aromatic carbocycles. The van der Waals surface area contributed by atoms with Gasteiger partial charge >= 0.3 is 6.03 Å². The number of carbonyl (C=O) groups is 2. The highest BCUT2D eigenvalue weighted by Gasteiger charge is 2.24. The van der Waals surface area contributed by atoms with Crippen LogP contribution in [0, 0.1) is 24.5 Å². The van der Waals surface area contributed by atoms with Crippen molar-refractivity contribution in [1.82, 2.24) is 10.6 Å². The molecule has 3 rings (SSSR count). The number of anilines is 2. The number of hydrogen-bond donors (Lipinski definition) is 3. The first-order valence-corrected chi connectivity index (χ1v) is 10.4. The minimum absolute atomic E-state index is 0.0178. The van der Waals surface area contributed by atoms with E-state index >= 15 is 0 Å². The van der Waals surface area contributed by atoms with Crippen molar-refractivity contribution in [2.24, 2.45) is 5.92 Å². The first-order valence-electron chi connectivity index (χ1n) is 10.4. The molecule has 1 aliphatic rings. The van der Waals surface area contributed by atoms with Gasteiger partial charge in [0, 0.05) is 48.7 Å². The third-order valence-electron chi connectivity index (χ3n) is 5.27. The van der Waals surface area contributed by atoms with Crippen LogP contribution in [-0.2, 0) is 0 Å². The van der Waals surface area contributed by atoms with Gasteiger partial charge in [0.15, 0.2) is 11.6 Å². The Balaban J connectivity index is 1.51. The Hall–Kier alpha value is -3.16. The third kappa shape index (κ3) is 5.93. The Kier molecular flexibility index (Phi) is 7.09. The smallest absolute Gasteiger partial charge is 0.319 e. The summed E-state index contributed by atoms with van der Waals surface area (Å²) in [5, 5.41) is 8.46. The van der Waals surface area contributed by atoms with Gasteiger partial charge in [0.05, 0.1) is 0 Å². The molecule has 0 spiro atoms. The average molecular weight is 430 g/mol. The Bertz CT molecular complexity index is 965. The molecule has 0 aromatic heterocycles. The number of hydrogen-bond acceptors (Lipinski definition) is 3. The van der Waals surface area contributed by atoms with Gasteiger partial charge in [-0.25, -0.2) is 13.6 Å². The number of benzene rings is 2. The van der Waals surface area contributed by atoms with Crippen molar-refractivity contribution < 1.29 is 18.4 Å². The number of rotatable bonds is 6. The molecule has 8 heteroatoms. The molecule has 6 nitrogen and oxygen atoms in total. The van der Waals surface area contributed by atoms with E-state index in [2.05, 4.69) is 16.0 Å². The summed E-state index contributed by atoms with van der Waals surface area (Å²) >= 11 is 0. The predicted molar refractivity (Wildman–Crippen MR) is 117 cm³/mol. The second kappa shape index (κ2) is 9.76. The molecule has 0 bridgehead atoms. The highest BCUT2D eigenvalue weighted by molar-refractivity contribution is 5.98. The minimum Gasteiger partial charge on any atom is -0.371 e. The van der Waals surface area contributed by atoms with Crippen molar-refractivity contribution >= 4 is 23.3 Å². The van der Waals surface area contributed by atoms with E-state index in [1.807, 2.05) is 25.7 Å². The lowest BCUT2D eigenvalue weighted by atomic mass is 10.1. The highest BCUT2D eigenvalue weighted by Crippen LogP contribution is 2.25. The molecule has 1 unspecified atom stereocenters. The Morgan fingerprint density at radius 1 is 1.13 bits per heavy atom. The van der Waals surface area contributed by atoms with Crippen LogP contribution in [-0.4, -0.2) is 37.6 Å². The lowest BCUT2D eigenvalue weighted by Crippen LogP contribution is -2.34. The third-order valence-corrected chi connectivity index (χ3v) is 5.27. The maximum atomic E-state index is 13.5. The lowest BCUT2D eigenvalue weighted by Gasteiger charge is -2.19. The van der Waals surface area contributed by atoms with Gasteiger partial charge in [0.1, 0.15) is 0 Å². The van der Waals surface area contributed by atoms with E-state index in [1.165, 1.54) is 6.07 Å². The molecule has 1 heterocycles. The van der Waals surface area contributed by atoms with Crippen LogP contribution in [0.1, 0.15) is 36.2 Å². The van der Waals surface area contributed by atoms with Crippen LogP contribution in [0.25, 0.3) is 0 Å². The minimum atomic E-state index is -0.863. The number of carbonyl (C=O) groups excluding carboxylic acids is 2. The highest BCUT2D eigenvalue weighted by atomic mass is 19.2. The van der Waals surface area contributed by atoms with Crippen LogP contribution in [0.5, 0.6) is 0 Å². The number of aryl methyl sites for hydroxylation is 1. The molecule has 3 N–H and O–H groups in total. The lowest BCUT2D eigenvalue weighted by molar-refractivity contribution is 0.0942. The summed E-state index contributed by atoms with van der Waals surface area (Å²) < 4.78 is 26.6. The summed E-state index contributed by atoms with van der Waals surface area (Å²) in [5.74, 6) is -1.71. The van der Waals surface area contributed by atoms with Crippen LogP contribution in [0.4, 0.5) is 25.0 Å². The monoisotopic (exact) mass is 430 g/mol. The summed E-state index contributed by atoms with van der Waals surface area (Å²) in [5.41, 5.74) is 2.52. The summed E-state index contributed by atoms with van der Waals surface area (Å²) in [6.07, 6.45) is 0.837. The maximum Gasteiger partial charge on any atom is 0.319 e. The molecule has 3 amide bonds. The van der Waals surface area contributed by atoms with E-state index < -0.39 is 11.6 Å². The van der Waals surface area contributed by atoms with Crippen LogP contribution in [0.3, 0.4) is 0 Å². The van der Waals surface area contributed by atoms with Gasteiger partial charge in [-0.3, -0.25) is 4.79 Å². The molecule has 0 radical (unpaired) electrons. The summed E-state index contributed by atoms with van der Waals surface area (Å²) in [6.45, 7) is 7.44. The van der Waals surface area contributed by atoms with E-state index in [4.69, 9.17) is 0 Å². The Morgan fingerprint density at radius 2 is 1.90 bits per heavy atom. The summed E-state index contributed by atoms with van der Waals surface area (Å²) in [7, 11) is 0. The zero-order valence-electron chi connectivity index (χ0n) is 18.0. The SMILES string of the molecule is Cc1ccc(NC(=O)NCC2CCN(c3ccc(F)c(F)c3)C2)cc1C(=O)NC(C)C. The fraction of sp³-hybridized carbons (Fsp3) is 0.391. The molecule has 0 aliphatic carbocycles. The predicted octanol–water partition coefficient (Wildman–Crippen LogP) is 4.06. The first kappa shape index (κ1) is 22.5. The van der Waals surface area contributed by atoms with Crippen LogP contribution in [0.15, 0.2) is 36.4 Å². The van der Waals surface area contributed by atoms with Crippen molar-refractivity contribution in [3.63, 3.8) is 0 Å². The molecule has 1 fully saturated rings. The Morgan fingerprint density at radius 3 is 2.61 bits per heavy atom. The maximum absolute atomic E-state index is 13.5. The second-order valence-corrected chi connectivity index (χ2v) is 8.19. The van der Waals surface area contributed by atoms with Crippen LogP contribution < -0.4 is 20.9 Å². The van der Waals surface area contributed by atoms with Gasteiger partial charge in [0.2, 0.25) is 0 Å². The molecule has 1 saturated heterocycles. The van der Waals surface area contributed by atoms with Gasteiger partial charge in [-0.05, 0) is 62.9 Å². The normalized spacial score (nSPS) is 15.8. The number of nitrogens with one attached hydrogen (secondary N) is 3. The van der Waals surface area contributed by atoms with Crippen molar-refractivity contribution in [2.75, 3.05) is 29.9 Å². The number of halogens is 2. The van der Waals surface area contributed by atoms with E-state index in [-0.39, 0.29) is 23.9 Å². The zero-order chi connectivity index (χ0) is 22.5. The molecule has 166 valence electrons. The Labute approximate surface area is 181 Å². The number of nitrogens with zero attached hydrogens (tertiary/aromatic N) is 1. The van der Waals surface area contributed by atoms with E-state index in [0.29, 0.717) is 36.6 Å². The number of urea groups is 1. The van der Waals surface area contributed by atoms with Crippen LogP contribution >= 0.6 is 0 Å². The molecule has 0 saturated carbocycles. The number of amides is 3. The zero-order valence-corrected chi connectivity index (χ0v) is 18.0. The van der Waals surface area contributed by atoms with Gasteiger partial charge in [-0.2, -0.15) is 0 Å². The van der Waals surface area contributed by atoms with E-state index in [0.717, 1.165) is 18.1 Å². The van der Waals surface area contributed by atoms with Gasteiger partial charge in [0.25, 0.3) is 5.91 Å². The van der Waals surface area contributed by atoms with Crippen molar-refractivity contribution in [1.29, 1.82) is 0 Å². The first-order chi connectivity index (χ1) is 14.7. The molecular formula is C23H28F2N4O2. The summed E-state index contributed by atoms with van der Waals surface area (Å²) in [6, 6.07) is 8.75. The van der Waals surface area contributed by atoms with E-state index in [1.54, 1.807) is 24.3 Å². The average Bonchev–Trinajstić information content (AvgIpc) is 3.18. The fourth-order valence-electron chi connectivity index (χ4n) is 3.61. The quantitative estimate of drug-likeness (QED) is 0.647. The van der Waals surface area contributed by atoms with Crippen molar-refractivity contribution in [3.8, 4) is 0 Å². The summed E-state index contributed by atoms with van der Waals surface area (Å²) in [4.78, 5) is 26.6. The van der Waals surface area contributed by atoms with Crippen LogP contribution in [0.2, 0.25) is 0 Å². The van der Waals surface area contributed by atoms with Gasteiger partial charge in [-0.1, -0.05) is 6.07 Å². The largest absolute Gasteiger partial charge is 0.371 e.